The van der Waals surface area contributed by atoms with E-state index in [1.807, 2.05) is 25.1 Å². The third kappa shape index (κ3) is 4.41. The number of aromatic nitrogens is 3. The van der Waals surface area contributed by atoms with E-state index in [1.165, 1.54) is 6.07 Å². The largest absolute Gasteiger partial charge is 0.488 e. The fraction of sp³-hybridized carbons (Fsp3) is 0.250. The van der Waals surface area contributed by atoms with Crippen LogP contribution < -0.4 is 14.9 Å². The minimum Gasteiger partial charge on any atom is -0.357 e. The van der Waals surface area contributed by atoms with Crippen LogP contribution in [-0.2, 0) is 16.9 Å². The van der Waals surface area contributed by atoms with Gasteiger partial charge in [0, 0.05) is 34.1 Å². The van der Waals surface area contributed by atoms with Gasteiger partial charge in [-0.3, -0.25) is 9.78 Å². The van der Waals surface area contributed by atoms with Gasteiger partial charge < -0.3 is 19.1 Å². The first-order valence-corrected chi connectivity index (χ1v) is 13.9. The molecule has 0 atom stereocenters. The molecule has 1 saturated heterocycles. The minimum atomic E-state index is -5.21. The van der Waals surface area contributed by atoms with E-state index in [1.54, 1.807) is 18.3 Å². The molecule has 39 heavy (non-hydrogen) atoms. The highest BCUT2D eigenvalue weighted by atomic mass is 32.3. The fourth-order valence-corrected chi connectivity index (χ4v) is 5.99. The number of nitriles is 1. The first-order valence-electron chi connectivity index (χ1n) is 12.6. The quantitative estimate of drug-likeness (QED) is 0.308. The Kier molecular flexibility index (Phi) is 6.09. The number of nitrogens with one attached hydrogen (secondary N) is 2. The Morgan fingerprint density at radius 2 is 1.95 bits per heavy atom. The van der Waals surface area contributed by atoms with Crippen LogP contribution in [0.4, 0.5) is 3.89 Å². The van der Waals surface area contributed by atoms with Crippen molar-refractivity contribution in [2.75, 3.05) is 13.1 Å². The summed E-state index contributed by atoms with van der Waals surface area (Å²) in [7, 11) is -5.21. The number of aryl methyl sites for hydroxylation is 1. The van der Waals surface area contributed by atoms with Crippen molar-refractivity contribution in [1.29, 1.82) is 5.26 Å². The molecule has 6 rings (SSSR count). The van der Waals surface area contributed by atoms with Crippen LogP contribution in [0.15, 0.2) is 53.6 Å². The van der Waals surface area contributed by atoms with Gasteiger partial charge in [-0.25, -0.2) is 0 Å². The molecule has 1 aliphatic rings. The topological polar surface area (TPSA) is 130 Å². The Morgan fingerprint density at radius 3 is 2.67 bits per heavy atom. The van der Waals surface area contributed by atoms with Gasteiger partial charge in [-0.05, 0) is 73.8 Å². The first-order chi connectivity index (χ1) is 18.8. The molecular formula is C28H24FN5O4S. The number of piperidine rings is 1. The van der Waals surface area contributed by atoms with Crippen LogP contribution in [0.3, 0.4) is 0 Å². The zero-order valence-corrected chi connectivity index (χ0v) is 21.8. The number of H-pyrrole nitrogens is 1. The maximum atomic E-state index is 14.0. The predicted molar refractivity (Wildman–Crippen MR) is 147 cm³/mol. The fourth-order valence-electron chi connectivity index (χ4n) is 5.66. The van der Waals surface area contributed by atoms with Gasteiger partial charge in [0.25, 0.3) is 0 Å². The van der Waals surface area contributed by atoms with Crippen molar-refractivity contribution in [2.45, 2.75) is 32.2 Å². The van der Waals surface area contributed by atoms with Crippen molar-refractivity contribution < 1.29 is 16.5 Å². The summed E-state index contributed by atoms with van der Waals surface area (Å²) >= 11 is 0. The summed E-state index contributed by atoms with van der Waals surface area (Å²) in [6.45, 7) is 3.63. The first kappa shape index (κ1) is 25.0. The Balaban J connectivity index is 1.69. The lowest BCUT2D eigenvalue weighted by atomic mass is 9.95. The summed E-state index contributed by atoms with van der Waals surface area (Å²) in [6.07, 6.45) is 4.98. The van der Waals surface area contributed by atoms with Crippen LogP contribution in [0.5, 0.6) is 5.75 Å². The Labute approximate surface area is 223 Å². The van der Waals surface area contributed by atoms with Crippen LogP contribution in [0.1, 0.15) is 36.9 Å². The lowest BCUT2D eigenvalue weighted by Crippen LogP contribution is -2.30. The van der Waals surface area contributed by atoms with Crippen molar-refractivity contribution in [1.82, 2.24) is 19.9 Å². The molecule has 0 unspecified atom stereocenters. The second kappa shape index (κ2) is 9.48. The second-order valence-corrected chi connectivity index (χ2v) is 10.6. The van der Waals surface area contributed by atoms with E-state index >= 15 is 0 Å². The smallest absolute Gasteiger partial charge is 0.357 e. The van der Waals surface area contributed by atoms with E-state index in [0.717, 1.165) is 59.7 Å². The summed E-state index contributed by atoms with van der Waals surface area (Å²) in [4.78, 5) is 21.5. The van der Waals surface area contributed by atoms with Crippen molar-refractivity contribution in [3.05, 3.63) is 70.1 Å². The zero-order valence-electron chi connectivity index (χ0n) is 21.0. The molecule has 2 N–H and O–H groups in total. The SMILES string of the molecule is CCc1cc2c(=O)c3c4ccc(C#N)cc4[nH]c3n(C3CCNCC3)c2cc1-c1cncc(OS(=O)(=O)F)c1. The average Bonchev–Trinajstić information content (AvgIpc) is 3.31. The van der Waals surface area contributed by atoms with Crippen LogP contribution >= 0.6 is 0 Å². The van der Waals surface area contributed by atoms with Gasteiger partial charge in [-0.1, -0.05) is 16.9 Å². The summed E-state index contributed by atoms with van der Waals surface area (Å²) in [5.41, 5.74) is 4.65. The summed E-state index contributed by atoms with van der Waals surface area (Å²) in [5, 5.41) is 14.7. The van der Waals surface area contributed by atoms with E-state index in [4.69, 9.17) is 0 Å². The highest BCUT2D eigenvalue weighted by Gasteiger charge is 2.24. The number of hydrogen-bond donors (Lipinski definition) is 2. The van der Waals surface area contributed by atoms with E-state index in [0.29, 0.717) is 34.0 Å². The molecule has 5 aromatic rings. The van der Waals surface area contributed by atoms with Gasteiger partial charge in [0.1, 0.15) is 5.65 Å². The number of aromatic amines is 1. The average molecular weight is 546 g/mol. The van der Waals surface area contributed by atoms with Crippen LogP contribution in [0, 0.1) is 11.3 Å². The summed E-state index contributed by atoms with van der Waals surface area (Å²) in [6, 6.07) is 12.8. The van der Waals surface area contributed by atoms with Gasteiger partial charge in [0.15, 0.2) is 11.2 Å². The third-order valence-electron chi connectivity index (χ3n) is 7.38. The maximum absolute atomic E-state index is 14.0. The summed E-state index contributed by atoms with van der Waals surface area (Å²) < 4.78 is 41.9. The number of fused-ring (bicyclic) bond motifs is 4. The molecule has 0 amide bonds. The molecular weight excluding hydrogens is 521 g/mol. The van der Waals surface area contributed by atoms with E-state index < -0.39 is 10.5 Å². The molecule has 4 heterocycles. The molecule has 9 nitrogen and oxygen atoms in total. The molecule has 0 bridgehead atoms. The second-order valence-electron chi connectivity index (χ2n) is 9.67. The van der Waals surface area contributed by atoms with Gasteiger partial charge in [-0.15, -0.1) is 0 Å². The number of rotatable bonds is 5. The molecule has 11 heteroatoms. The number of nitrogens with zero attached hydrogens (tertiary/aromatic N) is 3. The van der Waals surface area contributed by atoms with Crippen LogP contribution in [0.2, 0.25) is 0 Å². The van der Waals surface area contributed by atoms with Gasteiger partial charge in [-0.2, -0.15) is 13.7 Å². The van der Waals surface area contributed by atoms with Crippen LogP contribution in [-0.4, -0.2) is 36.0 Å². The number of benzene rings is 2. The third-order valence-corrected chi connectivity index (χ3v) is 7.77. The van der Waals surface area contributed by atoms with Crippen molar-refractivity contribution in [3.8, 4) is 22.9 Å². The number of pyridine rings is 2. The monoisotopic (exact) mass is 545 g/mol. The molecule has 0 saturated carbocycles. The highest BCUT2D eigenvalue weighted by Crippen LogP contribution is 2.36. The lowest BCUT2D eigenvalue weighted by molar-refractivity contribution is 0.381. The molecule has 1 aliphatic heterocycles. The van der Waals surface area contributed by atoms with Crippen molar-refractivity contribution in [3.63, 3.8) is 0 Å². The Bertz CT molecular complexity index is 1990. The molecule has 198 valence electrons. The molecule has 1 fully saturated rings. The molecule has 0 aliphatic carbocycles. The maximum Gasteiger partial charge on any atom is 0.488 e. The zero-order chi connectivity index (χ0) is 27.3. The van der Waals surface area contributed by atoms with Crippen LogP contribution in [0.25, 0.3) is 44.0 Å². The molecule has 0 radical (unpaired) electrons. The van der Waals surface area contributed by atoms with E-state index in [2.05, 4.69) is 30.1 Å². The molecule has 2 aromatic carbocycles. The highest BCUT2D eigenvalue weighted by molar-refractivity contribution is 7.81. The minimum absolute atomic E-state index is 0.102. The van der Waals surface area contributed by atoms with Crippen molar-refractivity contribution in [2.24, 2.45) is 0 Å². The van der Waals surface area contributed by atoms with Gasteiger partial charge in [0.05, 0.1) is 28.7 Å². The number of hydrogen-bond acceptors (Lipinski definition) is 7. The van der Waals surface area contributed by atoms with E-state index in [-0.39, 0.29) is 17.2 Å². The van der Waals surface area contributed by atoms with Gasteiger partial charge >= 0.3 is 10.5 Å². The predicted octanol–water partition coefficient (Wildman–Crippen LogP) is 4.65. The Hall–Kier alpha value is -4.27. The molecule has 0 spiro atoms. The normalized spacial score (nSPS) is 14.7. The van der Waals surface area contributed by atoms with Gasteiger partial charge in [0.2, 0.25) is 0 Å². The standard InChI is InChI=1S/C28H24FN5O4S/c1-2-17-11-23-25(12-22(17)18-10-20(15-32-14-18)38-39(29,36)37)34(19-5-7-31-8-6-19)28-26(27(23)35)21-4-3-16(13-30)9-24(21)33-28/h3-4,9-12,14-15,19,31,33H,2,5-8H2,1H3. The van der Waals surface area contributed by atoms with Crippen molar-refractivity contribution >= 4 is 43.3 Å². The van der Waals surface area contributed by atoms with E-state index in [9.17, 15) is 22.4 Å². The number of halogens is 1. The Morgan fingerprint density at radius 1 is 1.15 bits per heavy atom. The lowest BCUT2D eigenvalue weighted by Gasteiger charge is -2.28. The molecule has 3 aromatic heterocycles. The summed E-state index contributed by atoms with van der Waals surface area (Å²) in [5.74, 6) is -0.243.